The van der Waals surface area contributed by atoms with Gasteiger partial charge in [0.1, 0.15) is 11.8 Å². The highest BCUT2D eigenvalue weighted by Crippen LogP contribution is 2.38. The SMILES string of the molecule is O=C(O)CSC(SCC(=O)O)c1coc2ccccc2c1=O. The van der Waals surface area contributed by atoms with E-state index in [4.69, 9.17) is 14.6 Å². The summed E-state index contributed by atoms with van der Waals surface area (Å²) in [4.78, 5) is 33.9. The zero-order valence-electron chi connectivity index (χ0n) is 11.2. The number of carbonyl (C=O) groups is 2. The molecule has 2 N–H and O–H groups in total. The summed E-state index contributed by atoms with van der Waals surface area (Å²) in [6.07, 6.45) is 1.28. The Hall–Kier alpha value is -1.93. The van der Waals surface area contributed by atoms with Crippen LogP contribution < -0.4 is 5.43 Å². The third-order valence-electron chi connectivity index (χ3n) is 2.68. The maximum Gasteiger partial charge on any atom is 0.313 e. The van der Waals surface area contributed by atoms with Gasteiger partial charge in [0.25, 0.3) is 0 Å². The van der Waals surface area contributed by atoms with Crippen LogP contribution in [0, 0.1) is 0 Å². The van der Waals surface area contributed by atoms with Gasteiger partial charge in [-0.1, -0.05) is 12.1 Å². The van der Waals surface area contributed by atoms with Crippen LogP contribution in [-0.4, -0.2) is 33.7 Å². The normalized spacial score (nSPS) is 11.0. The number of thioether (sulfide) groups is 2. The topological polar surface area (TPSA) is 105 Å². The predicted octanol–water partition coefficient (Wildman–Crippen LogP) is 2.43. The molecule has 0 amide bonds. The second-order valence-corrected chi connectivity index (χ2v) is 6.74. The van der Waals surface area contributed by atoms with Gasteiger partial charge < -0.3 is 14.6 Å². The van der Waals surface area contributed by atoms with Gasteiger partial charge in [-0.2, -0.15) is 0 Å². The van der Waals surface area contributed by atoms with Gasteiger partial charge in [0.05, 0.1) is 27.0 Å². The average molecular weight is 340 g/mol. The molecule has 116 valence electrons. The van der Waals surface area contributed by atoms with Crippen molar-refractivity contribution < 1.29 is 24.2 Å². The minimum atomic E-state index is -1.03. The lowest BCUT2D eigenvalue weighted by Gasteiger charge is -2.14. The molecule has 2 rings (SSSR count). The van der Waals surface area contributed by atoms with Crippen LogP contribution in [0.4, 0.5) is 0 Å². The van der Waals surface area contributed by atoms with Gasteiger partial charge >= 0.3 is 11.9 Å². The van der Waals surface area contributed by atoms with Crippen molar-refractivity contribution in [2.75, 3.05) is 11.5 Å². The number of hydrogen-bond acceptors (Lipinski definition) is 6. The van der Waals surface area contributed by atoms with Crippen LogP contribution in [0.2, 0.25) is 0 Å². The highest BCUT2D eigenvalue weighted by atomic mass is 32.2. The number of carboxylic acid groups (broad SMARTS) is 2. The van der Waals surface area contributed by atoms with Gasteiger partial charge in [-0.25, -0.2) is 0 Å². The molecule has 6 nitrogen and oxygen atoms in total. The Morgan fingerprint density at radius 3 is 2.27 bits per heavy atom. The van der Waals surface area contributed by atoms with Crippen molar-refractivity contribution in [1.82, 2.24) is 0 Å². The maximum atomic E-state index is 12.5. The minimum absolute atomic E-state index is 0.233. The predicted molar refractivity (Wildman–Crippen MR) is 85.4 cm³/mol. The molecule has 0 aliphatic heterocycles. The number of hydrogen-bond donors (Lipinski definition) is 2. The lowest BCUT2D eigenvalue weighted by atomic mass is 10.2. The van der Waals surface area contributed by atoms with Crippen molar-refractivity contribution in [3.63, 3.8) is 0 Å². The van der Waals surface area contributed by atoms with Crippen molar-refractivity contribution in [3.8, 4) is 0 Å². The molecule has 0 aliphatic carbocycles. The van der Waals surface area contributed by atoms with Gasteiger partial charge in [-0.05, 0) is 12.1 Å². The number of benzene rings is 1. The number of aliphatic carboxylic acids is 2. The third kappa shape index (κ3) is 4.05. The molecule has 22 heavy (non-hydrogen) atoms. The minimum Gasteiger partial charge on any atom is -0.481 e. The van der Waals surface area contributed by atoms with Gasteiger partial charge in [0, 0.05) is 0 Å². The lowest BCUT2D eigenvalue weighted by molar-refractivity contribution is -0.134. The molecular formula is C14H12O6S2. The molecule has 0 atom stereocenters. The van der Waals surface area contributed by atoms with Crippen LogP contribution in [0.3, 0.4) is 0 Å². The molecule has 1 aromatic carbocycles. The first kappa shape index (κ1) is 16.4. The molecule has 0 saturated heterocycles. The van der Waals surface area contributed by atoms with Crippen LogP contribution in [0.1, 0.15) is 10.1 Å². The van der Waals surface area contributed by atoms with Gasteiger partial charge in [-0.15, -0.1) is 23.5 Å². The van der Waals surface area contributed by atoms with E-state index in [9.17, 15) is 14.4 Å². The van der Waals surface area contributed by atoms with Crippen LogP contribution in [0.25, 0.3) is 11.0 Å². The molecule has 0 aliphatic rings. The zero-order valence-corrected chi connectivity index (χ0v) is 12.9. The molecule has 0 bridgehead atoms. The first-order valence-electron chi connectivity index (χ1n) is 6.16. The quantitative estimate of drug-likeness (QED) is 0.741. The van der Waals surface area contributed by atoms with E-state index in [1.54, 1.807) is 24.3 Å². The average Bonchev–Trinajstić information content (AvgIpc) is 2.48. The summed E-state index contributed by atoms with van der Waals surface area (Å²) in [7, 11) is 0. The molecule has 0 unspecified atom stereocenters. The number of carboxylic acids is 2. The molecule has 1 heterocycles. The Kier molecular flexibility index (Phi) is 5.51. The van der Waals surface area contributed by atoms with E-state index in [1.807, 2.05) is 0 Å². The second-order valence-electron chi connectivity index (χ2n) is 4.26. The van der Waals surface area contributed by atoms with Crippen LogP contribution in [0.5, 0.6) is 0 Å². The van der Waals surface area contributed by atoms with Crippen LogP contribution in [0.15, 0.2) is 39.7 Å². The Morgan fingerprint density at radius 1 is 1.09 bits per heavy atom. The Morgan fingerprint density at radius 2 is 1.68 bits per heavy atom. The van der Waals surface area contributed by atoms with Crippen molar-refractivity contribution >= 4 is 46.4 Å². The molecule has 0 saturated carbocycles. The monoisotopic (exact) mass is 340 g/mol. The Balaban J connectivity index is 2.36. The molecule has 2 aromatic rings. The zero-order chi connectivity index (χ0) is 16.1. The van der Waals surface area contributed by atoms with E-state index in [2.05, 4.69) is 0 Å². The standard InChI is InChI=1S/C14H12O6S2/c15-11(16)6-21-14(22-7-12(17)18)9-5-20-10-4-2-1-3-8(10)13(9)19/h1-5,14H,6-7H2,(H,15,16)(H,17,18). The summed E-state index contributed by atoms with van der Waals surface area (Å²) in [6.45, 7) is 0. The summed E-state index contributed by atoms with van der Waals surface area (Å²) < 4.78 is 4.78. The van der Waals surface area contributed by atoms with E-state index in [0.717, 1.165) is 23.5 Å². The van der Waals surface area contributed by atoms with E-state index in [-0.39, 0.29) is 22.5 Å². The van der Waals surface area contributed by atoms with Crippen molar-refractivity contribution in [2.45, 2.75) is 4.58 Å². The highest BCUT2D eigenvalue weighted by molar-refractivity contribution is 8.16. The first-order chi connectivity index (χ1) is 10.5. The fourth-order valence-electron chi connectivity index (χ4n) is 1.78. The van der Waals surface area contributed by atoms with Crippen molar-refractivity contribution in [1.29, 1.82) is 0 Å². The summed E-state index contributed by atoms with van der Waals surface area (Å²) in [5, 5.41) is 17.9. The van der Waals surface area contributed by atoms with E-state index >= 15 is 0 Å². The van der Waals surface area contributed by atoms with Crippen LogP contribution >= 0.6 is 23.5 Å². The molecular weight excluding hydrogens is 328 g/mol. The highest BCUT2D eigenvalue weighted by Gasteiger charge is 2.21. The van der Waals surface area contributed by atoms with E-state index in [1.165, 1.54) is 6.26 Å². The fourth-order valence-corrected chi connectivity index (χ4v) is 3.84. The van der Waals surface area contributed by atoms with Gasteiger partial charge in [0.2, 0.25) is 0 Å². The molecule has 1 aromatic heterocycles. The Bertz CT molecular complexity index is 736. The van der Waals surface area contributed by atoms with Crippen LogP contribution in [-0.2, 0) is 9.59 Å². The first-order valence-corrected chi connectivity index (χ1v) is 8.26. The Labute approximate surface area is 133 Å². The molecule has 8 heteroatoms. The smallest absolute Gasteiger partial charge is 0.313 e. The van der Waals surface area contributed by atoms with E-state index < -0.39 is 16.5 Å². The number of para-hydroxylation sites is 1. The van der Waals surface area contributed by atoms with Gasteiger partial charge in [0.15, 0.2) is 5.43 Å². The summed E-state index contributed by atoms with van der Waals surface area (Å²) in [6, 6.07) is 6.71. The van der Waals surface area contributed by atoms with Gasteiger partial charge in [-0.3, -0.25) is 14.4 Å². The summed E-state index contributed by atoms with van der Waals surface area (Å²) in [5.74, 6) is -2.53. The fraction of sp³-hybridized carbons (Fsp3) is 0.214. The van der Waals surface area contributed by atoms with Crippen molar-refractivity contribution in [2.24, 2.45) is 0 Å². The lowest BCUT2D eigenvalue weighted by Crippen LogP contribution is -2.13. The summed E-state index contributed by atoms with van der Waals surface area (Å²) >= 11 is 1.98. The third-order valence-corrected chi connectivity index (χ3v) is 5.43. The summed E-state index contributed by atoms with van der Waals surface area (Å²) in [5.41, 5.74) is 0.417. The largest absolute Gasteiger partial charge is 0.481 e. The molecule has 0 spiro atoms. The van der Waals surface area contributed by atoms with Crippen molar-refractivity contribution in [3.05, 3.63) is 46.3 Å². The number of fused-ring (bicyclic) bond motifs is 1. The number of rotatable bonds is 7. The molecule has 0 radical (unpaired) electrons. The van der Waals surface area contributed by atoms with E-state index in [0.29, 0.717) is 11.0 Å². The molecule has 0 fully saturated rings. The maximum absolute atomic E-state index is 12.5. The second kappa shape index (κ2) is 7.37.